The maximum atomic E-state index is 13.4. The van der Waals surface area contributed by atoms with Gasteiger partial charge in [-0.3, -0.25) is 9.59 Å². The molecule has 0 saturated carbocycles. The normalized spacial score (nSPS) is 17.8. The van der Waals surface area contributed by atoms with Gasteiger partial charge < -0.3 is 21.3 Å². The lowest BCUT2D eigenvalue weighted by atomic mass is 10.00. The fourth-order valence-electron chi connectivity index (χ4n) is 3.69. The van der Waals surface area contributed by atoms with Crippen molar-refractivity contribution in [2.24, 2.45) is 5.73 Å². The van der Waals surface area contributed by atoms with Gasteiger partial charge in [0.05, 0.1) is 0 Å². The molecule has 156 valence electrons. The molecule has 2 atom stereocenters. The lowest BCUT2D eigenvalue weighted by Crippen LogP contribution is -2.57. The van der Waals surface area contributed by atoms with Crippen molar-refractivity contribution in [3.05, 3.63) is 42.0 Å². The molecule has 1 heterocycles. The first-order valence-corrected chi connectivity index (χ1v) is 10.9. The highest BCUT2D eigenvalue weighted by Gasteiger charge is 2.33. The number of anilines is 1. The number of benzene rings is 2. The van der Waals surface area contributed by atoms with Crippen LogP contribution in [-0.2, 0) is 4.79 Å². The van der Waals surface area contributed by atoms with Gasteiger partial charge in [-0.15, -0.1) is 0 Å². The van der Waals surface area contributed by atoms with Crippen molar-refractivity contribution in [1.82, 2.24) is 10.2 Å². The Morgan fingerprint density at radius 3 is 2.97 bits per heavy atom. The number of carbonyl (C=O) groups is 2. The van der Waals surface area contributed by atoms with E-state index in [2.05, 4.69) is 30.2 Å². The summed E-state index contributed by atoms with van der Waals surface area (Å²) >= 11 is 4.21. The molecule has 0 aliphatic carbocycles. The molecule has 3 rings (SSSR count). The Kier molecular flexibility index (Phi) is 7.39. The molecule has 0 aromatic heterocycles. The number of nitrogens with two attached hydrogens (primary N) is 1. The Hall–Kier alpha value is -2.25. The summed E-state index contributed by atoms with van der Waals surface area (Å²) in [6, 6.07) is 11.3. The number of nitrogens with one attached hydrogen (secondary N) is 2. The molecule has 7 heteroatoms. The molecule has 2 aromatic carbocycles. The molecule has 1 fully saturated rings. The Labute approximate surface area is 177 Å². The summed E-state index contributed by atoms with van der Waals surface area (Å²) in [5.74, 6) is 0.483. The van der Waals surface area contributed by atoms with E-state index in [-0.39, 0.29) is 17.9 Å². The van der Waals surface area contributed by atoms with Crippen molar-refractivity contribution in [1.29, 1.82) is 0 Å². The summed E-state index contributed by atoms with van der Waals surface area (Å²) in [4.78, 5) is 27.5. The average Bonchev–Trinajstić information content (AvgIpc) is 2.75. The lowest BCUT2D eigenvalue weighted by molar-refractivity contribution is -0.128. The molecule has 0 spiro atoms. The molecule has 2 amide bonds. The molecule has 1 aliphatic heterocycles. The van der Waals surface area contributed by atoms with Gasteiger partial charge in [-0.2, -0.15) is 12.6 Å². The third kappa shape index (κ3) is 5.03. The number of hydrogen-bond donors (Lipinski definition) is 4. The molecule has 29 heavy (non-hydrogen) atoms. The van der Waals surface area contributed by atoms with Crippen molar-refractivity contribution < 1.29 is 9.59 Å². The number of unbranched alkanes of at least 4 members (excludes halogenated alkanes) is 1. The third-order valence-electron chi connectivity index (χ3n) is 5.34. The monoisotopic (exact) mass is 414 g/mol. The maximum Gasteiger partial charge on any atom is 0.255 e. The number of amides is 2. The SMILES string of the molecule is CCCC[C@H]1C(=O)NCCN1C(=O)c1cccc2cc(NC[C@@H](N)CS)ccc12. The van der Waals surface area contributed by atoms with Crippen LogP contribution < -0.4 is 16.4 Å². The Bertz CT molecular complexity index is 873. The third-order valence-corrected chi connectivity index (χ3v) is 5.81. The first kappa shape index (κ1) is 21.5. The van der Waals surface area contributed by atoms with Crippen LogP contribution >= 0.6 is 12.6 Å². The lowest BCUT2D eigenvalue weighted by Gasteiger charge is -2.35. The van der Waals surface area contributed by atoms with Crippen LogP contribution in [0.4, 0.5) is 5.69 Å². The van der Waals surface area contributed by atoms with Crippen LogP contribution in [0, 0.1) is 0 Å². The molecule has 0 radical (unpaired) electrons. The zero-order valence-corrected chi connectivity index (χ0v) is 17.8. The number of nitrogens with zero attached hydrogens (tertiary/aromatic N) is 1. The smallest absolute Gasteiger partial charge is 0.255 e. The topological polar surface area (TPSA) is 87.5 Å². The number of piperazine rings is 1. The highest BCUT2D eigenvalue weighted by Crippen LogP contribution is 2.25. The largest absolute Gasteiger partial charge is 0.383 e. The van der Waals surface area contributed by atoms with Gasteiger partial charge in [-0.1, -0.05) is 38.0 Å². The number of fused-ring (bicyclic) bond motifs is 1. The van der Waals surface area contributed by atoms with Crippen molar-refractivity contribution in [3.8, 4) is 0 Å². The summed E-state index contributed by atoms with van der Waals surface area (Å²) in [6.07, 6.45) is 2.60. The molecule has 1 aliphatic rings. The van der Waals surface area contributed by atoms with E-state index in [0.717, 1.165) is 29.3 Å². The van der Waals surface area contributed by atoms with E-state index in [1.165, 1.54) is 0 Å². The highest BCUT2D eigenvalue weighted by atomic mass is 32.1. The maximum absolute atomic E-state index is 13.4. The molecular formula is C22H30N4O2S. The highest BCUT2D eigenvalue weighted by molar-refractivity contribution is 7.80. The second-order valence-electron chi connectivity index (χ2n) is 7.51. The second kappa shape index (κ2) is 9.98. The van der Waals surface area contributed by atoms with E-state index >= 15 is 0 Å². The first-order valence-electron chi connectivity index (χ1n) is 10.3. The van der Waals surface area contributed by atoms with E-state index in [9.17, 15) is 9.59 Å². The van der Waals surface area contributed by atoms with E-state index in [4.69, 9.17) is 5.73 Å². The summed E-state index contributed by atoms with van der Waals surface area (Å²) in [6.45, 7) is 3.76. The number of thiol groups is 1. The molecule has 4 N–H and O–H groups in total. The molecule has 1 saturated heterocycles. The van der Waals surface area contributed by atoms with Crippen LogP contribution in [0.2, 0.25) is 0 Å². The number of hydrogen-bond acceptors (Lipinski definition) is 5. The summed E-state index contributed by atoms with van der Waals surface area (Å²) in [5.41, 5.74) is 7.51. The van der Waals surface area contributed by atoms with E-state index in [1.54, 1.807) is 4.90 Å². The molecule has 6 nitrogen and oxygen atoms in total. The zero-order valence-electron chi connectivity index (χ0n) is 16.9. The van der Waals surface area contributed by atoms with Crippen molar-refractivity contribution in [2.45, 2.75) is 38.3 Å². The van der Waals surface area contributed by atoms with Gasteiger partial charge in [0.25, 0.3) is 5.91 Å². The number of rotatable bonds is 8. The van der Waals surface area contributed by atoms with Crippen LogP contribution in [0.25, 0.3) is 10.8 Å². The minimum atomic E-state index is -0.393. The first-order chi connectivity index (χ1) is 14.0. The molecular weight excluding hydrogens is 384 g/mol. The average molecular weight is 415 g/mol. The van der Waals surface area contributed by atoms with Crippen molar-refractivity contribution in [2.75, 3.05) is 30.7 Å². The zero-order chi connectivity index (χ0) is 20.8. The summed E-state index contributed by atoms with van der Waals surface area (Å²) in [7, 11) is 0. The molecule has 0 bridgehead atoms. The standard InChI is InChI=1S/C22H30N4O2S/c1-2-3-7-20-21(27)24-10-11-26(20)22(28)19-6-4-5-15-12-17(8-9-18(15)19)25-13-16(23)14-29/h4-6,8-9,12,16,20,25,29H,2-3,7,10-11,13-14,23H2,1H3,(H,24,27)/t16-,20+/m1/s1. The van der Waals surface area contributed by atoms with Crippen LogP contribution in [0.15, 0.2) is 36.4 Å². The molecule has 2 aromatic rings. The van der Waals surface area contributed by atoms with E-state index in [1.807, 2.05) is 36.4 Å². The second-order valence-corrected chi connectivity index (χ2v) is 7.88. The van der Waals surface area contributed by atoms with E-state index < -0.39 is 6.04 Å². The van der Waals surface area contributed by atoms with Crippen LogP contribution in [0.1, 0.15) is 36.5 Å². The quantitative estimate of drug-likeness (QED) is 0.500. The fourth-order valence-corrected chi connectivity index (χ4v) is 3.82. The fraction of sp³-hybridized carbons (Fsp3) is 0.455. The minimum Gasteiger partial charge on any atom is -0.383 e. The van der Waals surface area contributed by atoms with Crippen LogP contribution in [0.3, 0.4) is 0 Å². The summed E-state index contributed by atoms with van der Waals surface area (Å²) < 4.78 is 0. The van der Waals surface area contributed by atoms with Gasteiger partial charge in [0, 0.05) is 42.7 Å². The predicted octanol–water partition coefficient (Wildman–Crippen LogP) is 2.64. The van der Waals surface area contributed by atoms with Gasteiger partial charge in [0.15, 0.2) is 0 Å². The van der Waals surface area contributed by atoms with Crippen LogP contribution in [-0.4, -0.2) is 54.2 Å². The van der Waals surface area contributed by atoms with Gasteiger partial charge in [-0.25, -0.2) is 0 Å². The minimum absolute atomic E-state index is 0.0211. The van der Waals surface area contributed by atoms with Gasteiger partial charge >= 0.3 is 0 Å². The summed E-state index contributed by atoms with van der Waals surface area (Å²) in [5, 5.41) is 8.08. The Balaban J connectivity index is 1.86. The van der Waals surface area contributed by atoms with Gasteiger partial charge in [0.1, 0.15) is 6.04 Å². The Morgan fingerprint density at radius 2 is 2.21 bits per heavy atom. The molecule has 0 unspecified atom stereocenters. The predicted molar refractivity (Wildman–Crippen MR) is 122 cm³/mol. The van der Waals surface area contributed by atoms with Gasteiger partial charge in [0.2, 0.25) is 5.91 Å². The number of carbonyl (C=O) groups excluding carboxylic acids is 2. The van der Waals surface area contributed by atoms with Crippen LogP contribution in [0.5, 0.6) is 0 Å². The van der Waals surface area contributed by atoms with Crippen molar-refractivity contribution in [3.63, 3.8) is 0 Å². The van der Waals surface area contributed by atoms with E-state index in [0.29, 0.717) is 37.4 Å². The van der Waals surface area contributed by atoms with Gasteiger partial charge in [-0.05, 0) is 35.4 Å². The Morgan fingerprint density at radius 1 is 1.38 bits per heavy atom. The van der Waals surface area contributed by atoms with Crippen molar-refractivity contribution >= 4 is 40.9 Å².